The van der Waals surface area contributed by atoms with Gasteiger partial charge in [-0.05, 0) is 25.1 Å². The van der Waals surface area contributed by atoms with Crippen molar-refractivity contribution in [2.45, 2.75) is 6.92 Å². The molecule has 0 spiro atoms. The lowest BCUT2D eigenvalue weighted by atomic mass is 10.2. The number of hydrogen-bond donors (Lipinski definition) is 1. The maximum atomic E-state index is 13.2. The zero-order valence-corrected chi connectivity index (χ0v) is 10.6. The van der Waals surface area contributed by atoms with E-state index in [1.165, 1.54) is 18.5 Å². The summed E-state index contributed by atoms with van der Waals surface area (Å²) in [4.78, 5) is 8.40. The lowest BCUT2D eigenvalue weighted by Crippen LogP contribution is -1.97. The van der Waals surface area contributed by atoms with E-state index < -0.39 is 0 Å². The molecule has 0 saturated heterocycles. The SMILES string of the molecule is Cc1nn(C)c2ncnc(Nc3cccc(F)c3)c12. The van der Waals surface area contributed by atoms with E-state index in [1.807, 2.05) is 14.0 Å². The highest BCUT2D eigenvalue weighted by molar-refractivity contribution is 5.90. The third kappa shape index (κ3) is 2.01. The van der Waals surface area contributed by atoms with Crippen LogP contribution in [-0.2, 0) is 7.05 Å². The first-order valence-electron chi connectivity index (χ1n) is 5.82. The van der Waals surface area contributed by atoms with Crippen molar-refractivity contribution in [2.75, 3.05) is 5.32 Å². The molecule has 0 aliphatic carbocycles. The van der Waals surface area contributed by atoms with Gasteiger partial charge in [0.05, 0.1) is 11.1 Å². The Morgan fingerprint density at radius 3 is 2.89 bits per heavy atom. The zero-order chi connectivity index (χ0) is 13.4. The maximum absolute atomic E-state index is 13.2. The standard InChI is InChI=1S/C13H12FN5/c1-8-11-12(15-7-16-13(11)19(2)18-8)17-10-5-3-4-9(14)6-10/h3-7H,1-2H3,(H,15,16,17). The van der Waals surface area contributed by atoms with Gasteiger partial charge in [-0.2, -0.15) is 5.10 Å². The Balaban J connectivity index is 2.11. The number of halogens is 1. The molecular weight excluding hydrogens is 245 g/mol. The molecule has 0 radical (unpaired) electrons. The number of rotatable bonds is 2. The summed E-state index contributed by atoms with van der Waals surface area (Å²) < 4.78 is 14.9. The smallest absolute Gasteiger partial charge is 0.163 e. The largest absolute Gasteiger partial charge is 0.339 e. The van der Waals surface area contributed by atoms with Crippen LogP contribution in [0.5, 0.6) is 0 Å². The third-order valence-electron chi connectivity index (χ3n) is 2.88. The monoisotopic (exact) mass is 257 g/mol. The molecule has 0 amide bonds. The molecule has 2 heterocycles. The quantitative estimate of drug-likeness (QED) is 0.766. The molecule has 1 aromatic carbocycles. The molecule has 96 valence electrons. The van der Waals surface area contributed by atoms with E-state index in [2.05, 4.69) is 20.4 Å². The van der Waals surface area contributed by atoms with Crippen LogP contribution in [0, 0.1) is 12.7 Å². The van der Waals surface area contributed by atoms with Crippen LogP contribution in [0.15, 0.2) is 30.6 Å². The molecule has 0 fully saturated rings. The minimum atomic E-state index is -0.293. The summed E-state index contributed by atoms with van der Waals surface area (Å²) in [7, 11) is 1.83. The van der Waals surface area contributed by atoms with Gasteiger partial charge in [-0.3, -0.25) is 4.68 Å². The number of nitrogens with one attached hydrogen (secondary N) is 1. The predicted octanol–water partition coefficient (Wildman–Crippen LogP) is 2.55. The van der Waals surface area contributed by atoms with Crippen LogP contribution in [0.3, 0.4) is 0 Å². The van der Waals surface area contributed by atoms with Crippen molar-refractivity contribution in [3.05, 3.63) is 42.1 Å². The van der Waals surface area contributed by atoms with Crippen molar-refractivity contribution in [3.63, 3.8) is 0 Å². The summed E-state index contributed by atoms with van der Waals surface area (Å²) in [5, 5.41) is 8.25. The van der Waals surface area contributed by atoms with Gasteiger partial charge in [-0.1, -0.05) is 6.07 Å². The highest BCUT2D eigenvalue weighted by atomic mass is 19.1. The second-order valence-electron chi connectivity index (χ2n) is 4.27. The average Bonchev–Trinajstić information content (AvgIpc) is 2.66. The Labute approximate surface area is 109 Å². The molecule has 0 saturated carbocycles. The Morgan fingerprint density at radius 1 is 1.26 bits per heavy atom. The molecule has 0 aliphatic heterocycles. The lowest BCUT2D eigenvalue weighted by Gasteiger charge is -2.06. The van der Waals surface area contributed by atoms with E-state index in [-0.39, 0.29) is 5.82 Å². The third-order valence-corrected chi connectivity index (χ3v) is 2.88. The fraction of sp³-hybridized carbons (Fsp3) is 0.154. The minimum absolute atomic E-state index is 0.293. The molecule has 0 aliphatic rings. The fourth-order valence-corrected chi connectivity index (χ4v) is 2.07. The van der Waals surface area contributed by atoms with Gasteiger partial charge in [0, 0.05) is 12.7 Å². The summed E-state index contributed by atoms with van der Waals surface area (Å²) in [5.74, 6) is 0.333. The number of fused-ring (bicyclic) bond motifs is 1. The number of aromatic nitrogens is 4. The first kappa shape index (κ1) is 11.6. The van der Waals surface area contributed by atoms with E-state index >= 15 is 0 Å². The number of nitrogens with zero attached hydrogens (tertiary/aromatic N) is 4. The Bertz CT molecular complexity index is 750. The Kier molecular flexibility index (Phi) is 2.63. The van der Waals surface area contributed by atoms with Crippen LogP contribution < -0.4 is 5.32 Å². The molecule has 5 nitrogen and oxygen atoms in total. The fourth-order valence-electron chi connectivity index (χ4n) is 2.07. The van der Waals surface area contributed by atoms with Gasteiger partial charge in [-0.25, -0.2) is 14.4 Å². The normalized spacial score (nSPS) is 10.9. The highest BCUT2D eigenvalue weighted by Gasteiger charge is 2.12. The van der Waals surface area contributed by atoms with Crippen molar-refractivity contribution in [2.24, 2.45) is 7.05 Å². The van der Waals surface area contributed by atoms with Crippen molar-refractivity contribution in [3.8, 4) is 0 Å². The molecule has 1 N–H and O–H groups in total. The molecule has 0 atom stereocenters. The topological polar surface area (TPSA) is 55.6 Å². The average molecular weight is 257 g/mol. The van der Waals surface area contributed by atoms with Gasteiger partial charge < -0.3 is 5.32 Å². The van der Waals surface area contributed by atoms with Gasteiger partial charge in [0.1, 0.15) is 18.0 Å². The van der Waals surface area contributed by atoms with E-state index in [4.69, 9.17) is 0 Å². The lowest BCUT2D eigenvalue weighted by molar-refractivity contribution is 0.628. The number of benzene rings is 1. The van der Waals surface area contributed by atoms with E-state index in [1.54, 1.807) is 16.8 Å². The number of anilines is 2. The minimum Gasteiger partial charge on any atom is -0.339 e. The van der Waals surface area contributed by atoms with Crippen molar-refractivity contribution in [1.82, 2.24) is 19.7 Å². The number of aryl methyl sites for hydroxylation is 2. The highest BCUT2D eigenvalue weighted by Crippen LogP contribution is 2.25. The molecule has 6 heteroatoms. The molecule has 0 unspecified atom stereocenters. The van der Waals surface area contributed by atoms with Gasteiger partial charge in [0.25, 0.3) is 0 Å². The molecule has 3 aromatic rings. The van der Waals surface area contributed by atoms with Crippen molar-refractivity contribution < 1.29 is 4.39 Å². The predicted molar refractivity (Wildman–Crippen MR) is 70.7 cm³/mol. The van der Waals surface area contributed by atoms with Gasteiger partial charge >= 0.3 is 0 Å². The zero-order valence-electron chi connectivity index (χ0n) is 10.6. The maximum Gasteiger partial charge on any atom is 0.163 e. The molecule has 3 rings (SSSR count). The Morgan fingerprint density at radius 2 is 2.11 bits per heavy atom. The van der Waals surface area contributed by atoms with Gasteiger partial charge in [-0.15, -0.1) is 0 Å². The summed E-state index contributed by atoms with van der Waals surface area (Å²) in [6, 6.07) is 6.24. The summed E-state index contributed by atoms with van der Waals surface area (Å²) in [5.41, 5.74) is 2.21. The second kappa shape index (κ2) is 4.31. The van der Waals surface area contributed by atoms with Gasteiger partial charge in [0.2, 0.25) is 0 Å². The number of hydrogen-bond acceptors (Lipinski definition) is 4. The van der Waals surface area contributed by atoms with Crippen LogP contribution >= 0.6 is 0 Å². The Hall–Kier alpha value is -2.50. The van der Waals surface area contributed by atoms with Crippen molar-refractivity contribution >= 4 is 22.5 Å². The summed E-state index contributed by atoms with van der Waals surface area (Å²) >= 11 is 0. The van der Waals surface area contributed by atoms with Crippen LogP contribution in [0.2, 0.25) is 0 Å². The summed E-state index contributed by atoms with van der Waals surface area (Å²) in [6.45, 7) is 1.89. The van der Waals surface area contributed by atoms with Crippen LogP contribution in [0.4, 0.5) is 15.9 Å². The van der Waals surface area contributed by atoms with Crippen molar-refractivity contribution in [1.29, 1.82) is 0 Å². The van der Waals surface area contributed by atoms with Crippen LogP contribution in [0.1, 0.15) is 5.69 Å². The molecule has 19 heavy (non-hydrogen) atoms. The first-order valence-corrected chi connectivity index (χ1v) is 5.82. The molecular formula is C13H12FN5. The molecule has 2 aromatic heterocycles. The first-order chi connectivity index (χ1) is 9.15. The van der Waals surface area contributed by atoms with Gasteiger partial charge in [0.15, 0.2) is 5.65 Å². The van der Waals surface area contributed by atoms with E-state index in [0.29, 0.717) is 11.5 Å². The molecule has 0 bridgehead atoms. The van der Waals surface area contributed by atoms with Crippen LogP contribution in [-0.4, -0.2) is 19.7 Å². The summed E-state index contributed by atoms with van der Waals surface area (Å²) in [6.07, 6.45) is 1.46. The second-order valence-corrected chi connectivity index (χ2v) is 4.27. The van der Waals surface area contributed by atoms with E-state index in [9.17, 15) is 4.39 Å². The van der Waals surface area contributed by atoms with E-state index in [0.717, 1.165) is 16.7 Å². The van der Waals surface area contributed by atoms with Crippen LogP contribution in [0.25, 0.3) is 11.0 Å².